The summed E-state index contributed by atoms with van der Waals surface area (Å²) in [6.45, 7) is 2.26. The summed E-state index contributed by atoms with van der Waals surface area (Å²) in [5, 5.41) is 10.1. The zero-order valence-corrected chi connectivity index (χ0v) is 8.22. The van der Waals surface area contributed by atoms with Crippen LogP contribution in [0.15, 0.2) is 12.2 Å². The third-order valence-electron chi connectivity index (χ3n) is 1.92. The lowest BCUT2D eigenvalue weighted by atomic mass is 10.1. The maximum Gasteiger partial charge on any atom is 0.0822 e. The van der Waals surface area contributed by atoms with Gasteiger partial charge in [0, 0.05) is 0 Å². The smallest absolute Gasteiger partial charge is 0.0822 e. The van der Waals surface area contributed by atoms with Crippen LogP contribution in [0.3, 0.4) is 0 Å². The SMILES string of the molecule is CCC=CCCCCCCC[O]. The molecule has 1 heteroatoms. The summed E-state index contributed by atoms with van der Waals surface area (Å²) in [5.41, 5.74) is 0. The van der Waals surface area contributed by atoms with Crippen LogP contribution >= 0.6 is 0 Å². The van der Waals surface area contributed by atoms with Crippen molar-refractivity contribution in [3.8, 4) is 0 Å². The van der Waals surface area contributed by atoms with Crippen molar-refractivity contribution in [1.29, 1.82) is 0 Å². The van der Waals surface area contributed by atoms with Crippen LogP contribution in [0, 0.1) is 0 Å². The summed E-state index contributed by atoms with van der Waals surface area (Å²) in [7, 11) is 0. The third kappa shape index (κ3) is 9.70. The monoisotopic (exact) mass is 169 g/mol. The molecular weight excluding hydrogens is 148 g/mol. The molecule has 1 radical (unpaired) electrons. The Balaban J connectivity index is 2.86. The molecule has 0 heterocycles. The number of rotatable bonds is 8. The topological polar surface area (TPSA) is 19.9 Å². The predicted octanol–water partition coefficient (Wildman–Crippen LogP) is 3.72. The molecule has 71 valence electrons. The van der Waals surface area contributed by atoms with E-state index >= 15 is 0 Å². The fourth-order valence-electron chi connectivity index (χ4n) is 1.18. The van der Waals surface area contributed by atoms with Gasteiger partial charge in [-0.05, 0) is 25.7 Å². The van der Waals surface area contributed by atoms with Gasteiger partial charge in [-0.3, -0.25) is 0 Å². The maximum atomic E-state index is 10.1. The molecule has 0 aliphatic carbocycles. The summed E-state index contributed by atoms with van der Waals surface area (Å²) in [5.74, 6) is 0. The lowest BCUT2D eigenvalue weighted by Crippen LogP contribution is -1.81. The van der Waals surface area contributed by atoms with Crippen LogP contribution in [-0.2, 0) is 5.11 Å². The fourth-order valence-corrected chi connectivity index (χ4v) is 1.18. The Kier molecular flexibility index (Phi) is 10.4. The van der Waals surface area contributed by atoms with Crippen molar-refractivity contribution < 1.29 is 5.11 Å². The van der Waals surface area contributed by atoms with Gasteiger partial charge in [0.05, 0.1) is 6.61 Å². The molecule has 0 aliphatic rings. The van der Waals surface area contributed by atoms with Crippen molar-refractivity contribution in [2.24, 2.45) is 0 Å². The van der Waals surface area contributed by atoms with Gasteiger partial charge in [0.15, 0.2) is 0 Å². The van der Waals surface area contributed by atoms with Crippen LogP contribution in [0.5, 0.6) is 0 Å². The second-order valence-corrected chi connectivity index (χ2v) is 3.14. The minimum Gasteiger partial charge on any atom is -0.237 e. The van der Waals surface area contributed by atoms with E-state index in [1.54, 1.807) is 0 Å². The average molecular weight is 169 g/mol. The van der Waals surface area contributed by atoms with Crippen molar-refractivity contribution in [3.05, 3.63) is 12.2 Å². The Morgan fingerprint density at radius 2 is 1.58 bits per heavy atom. The van der Waals surface area contributed by atoms with Crippen molar-refractivity contribution in [3.63, 3.8) is 0 Å². The summed E-state index contributed by atoms with van der Waals surface area (Å²) >= 11 is 0. The molecule has 0 N–H and O–H groups in total. The standard InChI is InChI=1S/C11H21O/c1-2-3-4-5-6-7-8-9-10-11-12/h3-4H,2,5-11H2,1H3. The van der Waals surface area contributed by atoms with E-state index in [1.807, 2.05) is 0 Å². The summed E-state index contributed by atoms with van der Waals surface area (Å²) < 4.78 is 0. The highest BCUT2D eigenvalue weighted by Gasteiger charge is 1.88. The molecule has 0 unspecified atom stereocenters. The molecule has 0 bridgehead atoms. The molecule has 0 aliphatic heterocycles. The van der Waals surface area contributed by atoms with Gasteiger partial charge < -0.3 is 0 Å². The number of hydrogen-bond donors (Lipinski definition) is 0. The molecule has 0 aromatic carbocycles. The first-order valence-corrected chi connectivity index (χ1v) is 5.15. The summed E-state index contributed by atoms with van der Waals surface area (Å²) in [4.78, 5) is 0. The van der Waals surface area contributed by atoms with Gasteiger partial charge in [0.25, 0.3) is 0 Å². The van der Waals surface area contributed by atoms with Crippen molar-refractivity contribution in [1.82, 2.24) is 0 Å². The molecular formula is C11H21O. The highest BCUT2D eigenvalue weighted by Crippen LogP contribution is 2.05. The van der Waals surface area contributed by atoms with Gasteiger partial charge >= 0.3 is 0 Å². The predicted molar refractivity (Wildman–Crippen MR) is 52.7 cm³/mol. The van der Waals surface area contributed by atoms with Gasteiger partial charge in [-0.15, -0.1) is 0 Å². The third-order valence-corrected chi connectivity index (χ3v) is 1.92. The molecule has 0 atom stereocenters. The largest absolute Gasteiger partial charge is 0.237 e. The Hall–Kier alpha value is -0.300. The second-order valence-electron chi connectivity index (χ2n) is 3.14. The van der Waals surface area contributed by atoms with E-state index in [-0.39, 0.29) is 6.61 Å². The average Bonchev–Trinajstić information content (AvgIpc) is 2.10. The van der Waals surface area contributed by atoms with E-state index in [0.717, 1.165) is 19.3 Å². The van der Waals surface area contributed by atoms with Crippen LogP contribution < -0.4 is 0 Å². The minimum absolute atomic E-state index is 0.107. The molecule has 0 spiro atoms. The Bertz CT molecular complexity index is 97.2. The molecule has 12 heavy (non-hydrogen) atoms. The van der Waals surface area contributed by atoms with Crippen LogP contribution in [0.2, 0.25) is 0 Å². The first-order chi connectivity index (χ1) is 5.91. The number of allylic oxidation sites excluding steroid dienone is 2. The van der Waals surface area contributed by atoms with Gasteiger partial charge in [0.1, 0.15) is 0 Å². The van der Waals surface area contributed by atoms with E-state index in [0.29, 0.717) is 0 Å². The van der Waals surface area contributed by atoms with Crippen LogP contribution in [0.1, 0.15) is 51.9 Å². The molecule has 0 rings (SSSR count). The zero-order chi connectivity index (χ0) is 9.07. The lowest BCUT2D eigenvalue weighted by Gasteiger charge is -1.96. The summed E-state index contributed by atoms with van der Waals surface area (Å²) in [6, 6.07) is 0. The first kappa shape index (κ1) is 11.7. The molecule has 0 saturated heterocycles. The molecule has 0 saturated carbocycles. The van der Waals surface area contributed by atoms with Gasteiger partial charge in [-0.1, -0.05) is 38.3 Å². The Morgan fingerprint density at radius 3 is 2.25 bits per heavy atom. The normalized spacial score (nSPS) is 11.2. The highest BCUT2D eigenvalue weighted by atomic mass is 16.2. The number of unbranched alkanes of at least 4 members (excludes halogenated alkanes) is 5. The molecule has 1 nitrogen and oxygen atoms in total. The molecule has 0 aromatic heterocycles. The van der Waals surface area contributed by atoms with Gasteiger partial charge in [-0.2, -0.15) is 0 Å². The summed E-state index contributed by atoms with van der Waals surface area (Å²) in [6.07, 6.45) is 12.6. The van der Waals surface area contributed by atoms with E-state index in [4.69, 9.17) is 0 Å². The van der Waals surface area contributed by atoms with Crippen molar-refractivity contribution in [2.75, 3.05) is 6.61 Å². The van der Waals surface area contributed by atoms with Crippen LogP contribution in [0.4, 0.5) is 0 Å². The van der Waals surface area contributed by atoms with Gasteiger partial charge in [-0.25, -0.2) is 5.11 Å². The van der Waals surface area contributed by atoms with Crippen molar-refractivity contribution in [2.45, 2.75) is 51.9 Å². The van der Waals surface area contributed by atoms with E-state index in [1.165, 1.54) is 25.7 Å². The second kappa shape index (κ2) is 10.7. The minimum atomic E-state index is 0.107. The maximum absolute atomic E-state index is 10.1. The molecule has 0 fully saturated rings. The van der Waals surface area contributed by atoms with E-state index in [9.17, 15) is 5.11 Å². The number of hydrogen-bond acceptors (Lipinski definition) is 0. The quantitative estimate of drug-likeness (QED) is 0.390. The fraction of sp³-hybridized carbons (Fsp3) is 0.818. The van der Waals surface area contributed by atoms with E-state index < -0.39 is 0 Å². The van der Waals surface area contributed by atoms with Crippen LogP contribution in [-0.4, -0.2) is 6.61 Å². The molecule has 0 amide bonds. The zero-order valence-electron chi connectivity index (χ0n) is 8.22. The molecule has 0 aromatic rings. The Labute approximate surface area is 76.5 Å². The first-order valence-electron chi connectivity index (χ1n) is 5.15. The van der Waals surface area contributed by atoms with Crippen LogP contribution in [0.25, 0.3) is 0 Å². The highest BCUT2D eigenvalue weighted by molar-refractivity contribution is 4.79. The van der Waals surface area contributed by atoms with Gasteiger partial charge in [0.2, 0.25) is 0 Å². The lowest BCUT2D eigenvalue weighted by molar-refractivity contribution is 0.186. The van der Waals surface area contributed by atoms with Crippen molar-refractivity contribution >= 4 is 0 Å². The Morgan fingerprint density at radius 1 is 0.917 bits per heavy atom. The van der Waals surface area contributed by atoms with E-state index in [2.05, 4.69) is 19.1 Å².